The summed E-state index contributed by atoms with van der Waals surface area (Å²) in [7, 11) is 0. The van der Waals surface area contributed by atoms with Gasteiger partial charge in [-0.3, -0.25) is 9.69 Å². The Kier molecular flexibility index (Phi) is 4.47. The van der Waals surface area contributed by atoms with E-state index < -0.39 is 0 Å². The molecule has 3 rings (SSSR count). The highest BCUT2D eigenvalue weighted by Crippen LogP contribution is 2.19. The van der Waals surface area contributed by atoms with Crippen LogP contribution in [0.4, 0.5) is 0 Å². The Morgan fingerprint density at radius 1 is 1.27 bits per heavy atom. The van der Waals surface area contributed by atoms with Crippen molar-refractivity contribution in [3.8, 4) is 0 Å². The molecule has 2 aliphatic heterocycles. The second-order valence-corrected chi connectivity index (χ2v) is 7.08. The second kappa shape index (κ2) is 6.36. The SMILES string of the molecule is CC1CCCN(C(=O)CN2CCn3c(nnc3C(C)C)C2)C1. The molecule has 0 aromatic carbocycles. The lowest BCUT2D eigenvalue weighted by Crippen LogP contribution is -2.46. The van der Waals surface area contributed by atoms with Gasteiger partial charge in [-0.1, -0.05) is 20.8 Å². The van der Waals surface area contributed by atoms with E-state index in [1.807, 2.05) is 4.90 Å². The monoisotopic (exact) mass is 305 g/mol. The van der Waals surface area contributed by atoms with Crippen molar-refractivity contribution in [1.82, 2.24) is 24.6 Å². The molecule has 1 atom stereocenters. The number of fused-ring (bicyclic) bond motifs is 1. The maximum Gasteiger partial charge on any atom is 0.236 e. The molecule has 0 radical (unpaired) electrons. The molecule has 6 nitrogen and oxygen atoms in total. The summed E-state index contributed by atoms with van der Waals surface area (Å²) in [4.78, 5) is 16.7. The van der Waals surface area contributed by atoms with Crippen molar-refractivity contribution in [1.29, 1.82) is 0 Å². The summed E-state index contributed by atoms with van der Waals surface area (Å²) >= 11 is 0. The lowest BCUT2D eigenvalue weighted by Gasteiger charge is -2.34. The van der Waals surface area contributed by atoms with Gasteiger partial charge in [0.05, 0.1) is 13.1 Å². The van der Waals surface area contributed by atoms with Crippen LogP contribution in [-0.4, -0.2) is 56.7 Å². The standard InChI is InChI=1S/C16H27N5O/c1-12(2)16-18-17-14-10-19(7-8-21(14)16)11-15(22)20-6-4-5-13(3)9-20/h12-13H,4-11H2,1-3H3. The first-order valence-corrected chi connectivity index (χ1v) is 8.46. The minimum Gasteiger partial charge on any atom is -0.341 e. The molecule has 122 valence electrons. The van der Waals surface area contributed by atoms with E-state index >= 15 is 0 Å². The highest BCUT2D eigenvalue weighted by Gasteiger charge is 2.26. The van der Waals surface area contributed by atoms with E-state index in [-0.39, 0.29) is 5.91 Å². The van der Waals surface area contributed by atoms with Crippen LogP contribution in [0.1, 0.15) is 51.2 Å². The predicted octanol–water partition coefficient (Wildman–Crippen LogP) is 1.48. The van der Waals surface area contributed by atoms with Crippen LogP contribution in [0.15, 0.2) is 0 Å². The zero-order valence-electron chi connectivity index (χ0n) is 14.0. The van der Waals surface area contributed by atoms with Crippen molar-refractivity contribution < 1.29 is 4.79 Å². The van der Waals surface area contributed by atoms with Crippen LogP contribution < -0.4 is 0 Å². The smallest absolute Gasteiger partial charge is 0.236 e. The van der Waals surface area contributed by atoms with Gasteiger partial charge in [-0.2, -0.15) is 0 Å². The third kappa shape index (κ3) is 3.16. The van der Waals surface area contributed by atoms with E-state index in [0.29, 0.717) is 18.4 Å². The topological polar surface area (TPSA) is 54.3 Å². The van der Waals surface area contributed by atoms with Crippen LogP contribution >= 0.6 is 0 Å². The molecule has 0 bridgehead atoms. The lowest BCUT2D eigenvalue weighted by molar-refractivity contribution is -0.134. The molecule has 0 N–H and O–H groups in total. The van der Waals surface area contributed by atoms with Crippen LogP contribution in [-0.2, 0) is 17.9 Å². The Morgan fingerprint density at radius 3 is 2.82 bits per heavy atom. The highest BCUT2D eigenvalue weighted by molar-refractivity contribution is 5.78. The van der Waals surface area contributed by atoms with Crippen LogP contribution in [0.25, 0.3) is 0 Å². The second-order valence-electron chi connectivity index (χ2n) is 7.08. The molecule has 22 heavy (non-hydrogen) atoms. The van der Waals surface area contributed by atoms with Crippen molar-refractivity contribution in [3.63, 3.8) is 0 Å². The number of piperidine rings is 1. The molecule has 1 aromatic heterocycles. The number of nitrogens with zero attached hydrogens (tertiary/aromatic N) is 5. The summed E-state index contributed by atoms with van der Waals surface area (Å²) in [6.07, 6.45) is 2.38. The largest absolute Gasteiger partial charge is 0.341 e. The molecule has 1 saturated heterocycles. The van der Waals surface area contributed by atoms with Crippen LogP contribution in [0, 0.1) is 5.92 Å². The third-order valence-electron chi connectivity index (χ3n) is 4.75. The Balaban J connectivity index is 1.59. The van der Waals surface area contributed by atoms with Gasteiger partial charge in [-0.25, -0.2) is 0 Å². The molecular weight excluding hydrogens is 278 g/mol. The molecule has 1 fully saturated rings. The van der Waals surface area contributed by atoms with Gasteiger partial charge in [-0.15, -0.1) is 10.2 Å². The fourth-order valence-electron chi connectivity index (χ4n) is 3.50. The average molecular weight is 305 g/mol. The Morgan fingerprint density at radius 2 is 2.09 bits per heavy atom. The van der Waals surface area contributed by atoms with Gasteiger partial charge in [0, 0.05) is 32.1 Å². The van der Waals surface area contributed by atoms with Gasteiger partial charge in [0.15, 0.2) is 0 Å². The number of amides is 1. The summed E-state index contributed by atoms with van der Waals surface area (Å²) in [6, 6.07) is 0. The molecule has 0 aliphatic carbocycles. The van der Waals surface area contributed by atoms with Crippen molar-refractivity contribution in [2.24, 2.45) is 5.92 Å². The van der Waals surface area contributed by atoms with E-state index in [0.717, 1.165) is 50.8 Å². The highest BCUT2D eigenvalue weighted by atomic mass is 16.2. The number of hydrogen-bond acceptors (Lipinski definition) is 4. The van der Waals surface area contributed by atoms with Gasteiger partial charge < -0.3 is 9.47 Å². The van der Waals surface area contributed by atoms with Crippen LogP contribution in [0.2, 0.25) is 0 Å². The predicted molar refractivity (Wildman–Crippen MR) is 84.4 cm³/mol. The van der Waals surface area contributed by atoms with Gasteiger partial charge >= 0.3 is 0 Å². The molecule has 0 saturated carbocycles. The Labute approximate surface area is 132 Å². The quantitative estimate of drug-likeness (QED) is 0.849. The Bertz CT molecular complexity index is 539. The lowest BCUT2D eigenvalue weighted by atomic mass is 10.0. The van der Waals surface area contributed by atoms with Crippen LogP contribution in [0.3, 0.4) is 0 Å². The molecule has 2 aliphatic rings. The van der Waals surface area contributed by atoms with Gasteiger partial charge in [-0.05, 0) is 18.8 Å². The molecular formula is C16H27N5O. The number of carbonyl (C=O) groups is 1. The fourth-order valence-corrected chi connectivity index (χ4v) is 3.50. The van der Waals surface area contributed by atoms with Gasteiger partial charge in [0.2, 0.25) is 5.91 Å². The number of rotatable bonds is 3. The Hall–Kier alpha value is -1.43. The first-order valence-electron chi connectivity index (χ1n) is 8.46. The number of aromatic nitrogens is 3. The number of likely N-dealkylation sites (tertiary alicyclic amines) is 1. The third-order valence-corrected chi connectivity index (χ3v) is 4.75. The van der Waals surface area contributed by atoms with Crippen molar-refractivity contribution in [2.75, 3.05) is 26.2 Å². The van der Waals surface area contributed by atoms with E-state index in [4.69, 9.17) is 0 Å². The van der Waals surface area contributed by atoms with Gasteiger partial charge in [0.1, 0.15) is 11.6 Å². The molecule has 6 heteroatoms. The van der Waals surface area contributed by atoms with Crippen molar-refractivity contribution >= 4 is 5.91 Å². The van der Waals surface area contributed by atoms with E-state index in [1.54, 1.807) is 0 Å². The summed E-state index contributed by atoms with van der Waals surface area (Å²) in [5, 5.41) is 8.61. The average Bonchev–Trinajstić information content (AvgIpc) is 2.90. The molecule has 1 aromatic rings. The zero-order chi connectivity index (χ0) is 15.7. The van der Waals surface area contributed by atoms with Crippen molar-refractivity contribution in [3.05, 3.63) is 11.6 Å². The summed E-state index contributed by atoms with van der Waals surface area (Å²) < 4.78 is 2.22. The van der Waals surface area contributed by atoms with Crippen LogP contribution in [0.5, 0.6) is 0 Å². The zero-order valence-corrected chi connectivity index (χ0v) is 14.0. The first kappa shape index (κ1) is 15.5. The molecule has 0 spiro atoms. The molecule has 1 unspecified atom stereocenters. The maximum absolute atomic E-state index is 12.5. The van der Waals surface area contributed by atoms with Crippen molar-refractivity contribution in [2.45, 2.75) is 52.6 Å². The van der Waals surface area contributed by atoms with Gasteiger partial charge in [0.25, 0.3) is 0 Å². The fraction of sp³-hybridized carbons (Fsp3) is 0.812. The minimum absolute atomic E-state index is 0.267. The van der Waals surface area contributed by atoms with E-state index in [1.165, 1.54) is 6.42 Å². The number of carbonyl (C=O) groups excluding carboxylic acids is 1. The molecule has 3 heterocycles. The normalized spacial score (nSPS) is 22.9. The first-order chi connectivity index (χ1) is 10.5. The molecule has 1 amide bonds. The summed E-state index contributed by atoms with van der Waals surface area (Å²) in [5.41, 5.74) is 0. The van der Waals surface area contributed by atoms with E-state index in [9.17, 15) is 4.79 Å². The maximum atomic E-state index is 12.5. The number of hydrogen-bond donors (Lipinski definition) is 0. The van der Waals surface area contributed by atoms with E-state index in [2.05, 4.69) is 40.4 Å². The summed E-state index contributed by atoms with van der Waals surface area (Å²) in [6.45, 7) is 11.4. The summed E-state index contributed by atoms with van der Waals surface area (Å²) in [5.74, 6) is 3.35. The minimum atomic E-state index is 0.267.